The molecule has 1 aliphatic rings. The predicted molar refractivity (Wildman–Crippen MR) is 98.0 cm³/mol. The fourth-order valence-electron chi connectivity index (χ4n) is 3.16. The maximum Gasteiger partial charge on any atom is 0.231 e. The number of ether oxygens (including phenoxy) is 1. The summed E-state index contributed by atoms with van der Waals surface area (Å²) in [4.78, 5) is 12.8. The molecule has 0 aromatic heterocycles. The molecule has 1 heterocycles. The Morgan fingerprint density at radius 1 is 1.21 bits per heavy atom. The van der Waals surface area contributed by atoms with Crippen molar-refractivity contribution in [3.63, 3.8) is 0 Å². The monoisotopic (exact) mass is 343 g/mol. The number of halogens is 1. The Kier molecular flexibility index (Phi) is 5.10. The van der Waals surface area contributed by atoms with Crippen LogP contribution in [0.15, 0.2) is 36.4 Å². The molecule has 2 aromatic carbocycles. The van der Waals surface area contributed by atoms with Gasteiger partial charge in [0, 0.05) is 10.7 Å². The van der Waals surface area contributed by atoms with E-state index in [-0.39, 0.29) is 11.8 Å². The number of para-hydroxylation sites is 1. The van der Waals surface area contributed by atoms with Gasteiger partial charge in [0.1, 0.15) is 12.4 Å². The van der Waals surface area contributed by atoms with Gasteiger partial charge >= 0.3 is 0 Å². The minimum Gasteiger partial charge on any atom is -0.492 e. The first-order valence-electron chi connectivity index (χ1n) is 8.45. The van der Waals surface area contributed by atoms with Crippen molar-refractivity contribution in [2.45, 2.75) is 33.1 Å². The van der Waals surface area contributed by atoms with Crippen LogP contribution >= 0.6 is 11.6 Å². The van der Waals surface area contributed by atoms with Crippen molar-refractivity contribution >= 4 is 23.2 Å². The Labute approximate surface area is 148 Å². The maximum absolute atomic E-state index is 12.8. The van der Waals surface area contributed by atoms with E-state index in [2.05, 4.69) is 37.4 Å². The van der Waals surface area contributed by atoms with Gasteiger partial charge in [-0.2, -0.15) is 0 Å². The maximum atomic E-state index is 12.8. The number of fused-ring (bicyclic) bond motifs is 1. The molecule has 0 aliphatic carbocycles. The topological polar surface area (TPSA) is 38.3 Å². The lowest BCUT2D eigenvalue weighted by atomic mass is 9.95. The largest absolute Gasteiger partial charge is 0.492 e. The van der Waals surface area contributed by atoms with E-state index in [0.717, 1.165) is 29.8 Å². The lowest BCUT2D eigenvalue weighted by molar-refractivity contribution is -0.121. The zero-order chi connectivity index (χ0) is 17.1. The van der Waals surface area contributed by atoms with Gasteiger partial charge in [0.25, 0.3) is 0 Å². The van der Waals surface area contributed by atoms with E-state index < -0.39 is 0 Å². The van der Waals surface area contributed by atoms with Gasteiger partial charge in [-0.05, 0) is 54.2 Å². The van der Waals surface area contributed by atoms with Gasteiger partial charge in [0.05, 0.1) is 5.92 Å². The molecular formula is C20H22ClNO2. The highest BCUT2D eigenvalue weighted by atomic mass is 35.5. The highest BCUT2D eigenvalue weighted by molar-refractivity contribution is 6.30. The second kappa shape index (κ2) is 7.27. The van der Waals surface area contributed by atoms with Crippen molar-refractivity contribution in [3.8, 4) is 5.75 Å². The van der Waals surface area contributed by atoms with Crippen molar-refractivity contribution in [3.05, 3.63) is 58.1 Å². The van der Waals surface area contributed by atoms with Crippen LogP contribution in [0.25, 0.3) is 0 Å². The lowest BCUT2D eigenvalue weighted by Crippen LogP contribution is -2.33. The van der Waals surface area contributed by atoms with Crippen molar-refractivity contribution in [1.29, 1.82) is 0 Å². The van der Waals surface area contributed by atoms with E-state index in [0.29, 0.717) is 18.1 Å². The summed E-state index contributed by atoms with van der Waals surface area (Å²) in [5.41, 5.74) is 4.29. The Morgan fingerprint density at radius 2 is 1.92 bits per heavy atom. The Hall–Kier alpha value is -2.00. The summed E-state index contributed by atoms with van der Waals surface area (Å²) in [5.74, 6) is 0.633. The molecule has 1 atom stereocenters. The van der Waals surface area contributed by atoms with Gasteiger partial charge < -0.3 is 10.1 Å². The molecule has 0 unspecified atom stereocenters. The number of carbonyl (C=O) groups excluding carboxylic acids is 1. The number of hydrogen-bond acceptors (Lipinski definition) is 2. The number of rotatable bonds is 4. The Balaban J connectivity index is 1.79. The third kappa shape index (κ3) is 3.41. The number of benzene rings is 2. The summed E-state index contributed by atoms with van der Waals surface area (Å²) in [5, 5.41) is 3.81. The third-order valence-electron chi connectivity index (χ3n) is 4.55. The first-order chi connectivity index (χ1) is 11.6. The van der Waals surface area contributed by atoms with E-state index in [1.165, 1.54) is 11.1 Å². The molecule has 0 bridgehead atoms. The number of amides is 1. The molecule has 24 heavy (non-hydrogen) atoms. The van der Waals surface area contributed by atoms with E-state index in [1.54, 1.807) is 0 Å². The fraction of sp³-hybridized carbons (Fsp3) is 0.350. The molecule has 0 fully saturated rings. The van der Waals surface area contributed by atoms with Crippen LogP contribution in [0.5, 0.6) is 5.75 Å². The summed E-state index contributed by atoms with van der Waals surface area (Å²) in [6.45, 7) is 4.61. The zero-order valence-corrected chi connectivity index (χ0v) is 14.8. The van der Waals surface area contributed by atoms with Gasteiger partial charge in [0.15, 0.2) is 0 Å². The highest BCUT2D eigenvalue weighted by Crippen LogP contribution is 2.31. The molecular weight excluding hydrogens is 322 g/mol. The summed E-state index contributed by atoms with van der Waals surface area (Å²) in [7, 11) is 0. The van der Waals surface area contributed by atoms with E-state index in [4.69, 9.17) is 16.3 Å². The van der Waals surface area contributed by atoms with Crippen LogP contribution < -0.4 is 10.1 Å². The SMILES string of the molecule is CCc1cccc(CC)c1NC(=O)[C@H]1COc2ccc(Cl)cc2C1. The Morgan fingerprint density at radius 3 is 2.58 bits per heavy atom. The standard InChI is InChI=1S/C20H22ClNO2/c1-3-13-6-5-7-14(4-2)19(13)22-20(23)16-10-15-11-17(21)8-9-18(15)24-12-16/h5-9,11,16H,3-4,10,12H2,1-2H3,(H,22,23)/t16-/m1/s1. The molecule has 2 aromatic rings. The van der Waals surface area contributed by atoms with Crippen molar-refractivity contribution in [2.75, 3.05) is 11.9 Å². The molecule has 3 nitrogen and oxygen atoms in total. The first kappa shape index (κ1) is 16.8. The molecule has 4 heteroatoms. The average molecular weight is 344 g/mol. The third-order valence-corrected chi connectivity index (χ3v) is 4.78. The van der Waals surface area contributed by atoms with Crippen molar-refractivity contribution in [1.82, 2.24) is 0 Å². The molecule has 1 N–H and O–H groups in total. The quantitative estimate of drug-likeness (QED) is 0.877. The molecule has 0 spiro atoms. The number of carbonyl (C=O) groups is 1. The second-order valence-corrected chi connectivity index (χ2v) is 6.55. The number of nitrogens with one attached hydrogen (secondary N) is 1. The molecule has 1 aliphatic heterocycles. The lowest BCUT2D eigenvalue weighted by Gasteiger charge is -2.25. The van der Waals surface area contributed by atoms with Gasteiger partial charge in [-0.1, -0.05) is 43.6 Å². The smallest absolute Gasteiger partial charge is 0.231 e. The van der Waals surface area contributed by atoms with Crippen LogP contribution in [0.3, 0.4) is 0 Å². The van der Waals surface area contributed by atoms with Crippen LogP contribution in [-0.4, -0.2) is 12.5 Å². The van der Waals surface area contributed by atoms with E-state index >= 15 is 0 Å². The number of hydrogen-bond donors (Lipinski definition) is 1. The minimum atomic E-state index is -0.203. The first-order valence-corrected chi connectivity index (χ1v) is 8.83. The van der Waals surface area contributed by atoms with Crippen molar-refractivity contribution < 1.29 is 9.53 Å². The van der Waals surface area contributed by atoms with Crippen LogP contribution in [0.2, 0.25) is 5.02 Å². The summed E-state index contributed by atoms with van der Waals surface area (Å²) < 4.78 is 5.74. The van der Waals surface area contributed by atoms with Gasteiger partial charge in [-0.15, -0.1) is 0 Å². The van der Waals surface area contributed by atoms with Crippen molar-refractivity contribution in [2.24, 2.45) is 5.92 Å². The van der Waals surface area contributed by atoms with Gasteiger partial charge in [-0.25, -0.2) is 0 Å². The minimum absolute atomic E-state index is 0.0104. The van der Waals surface area contributed by atoms with Crippen LogP contribution in [0, 0.1) is 5.92 Å². The molecule has 0 saturated heterocycles. The molecule has 1 amide bonds. The second-order valence-electron chi connectivity index (χ2n) is 6.11. The van der Waals surface area contributed by atoms with E-state index in [1.807, 2.05) is 18.2 Å². The highest BCUT2D eigenvalue weighted by Gasteiger charge is 2.27. The normalized spacial score (nSPS) is 16.2. The molecule has 3 rings (SSSR count). The fourth-order valence-corrected chi connectivity index (χ4v) is 3.35. The molecule has 0 saturated carbocycles. The number of anilines is 1. The summed E-state index contributed by atoms with van der Waals surface area (Å²) >= 11 is 6.06. The van der Waals surface area contributed by atoms with E-state index in [9.17, 15) is 4.79 Å². The zero-order valence-electron chi connectivity index (χ0n) is 14.1. The average Bonchev–Trinajstić information content (AvgIpc) is 2.61. The van der Waals surface area contributed by atoms with Crippen LogP contribution in [0.4, 0.5) is 5.69 Å². The Bertz CT molecular complexity index is 735. The predicted octanol–water partition coefficient (Wildman–Crippen LogP) is 4.65. The molecule has 126 valence electrons. The van der Waals surface area contributed by atoms with Gasteiger partial charge in [0.2, 0.25) is 5.91 Å². The number of aryl methyl sites for hydroxylation is 2. The van der Waals surface area contributed by atoms with Crippen LogP contribution in [0.1, 0.15) is 30.5 Å². The summed E-state index contributed by atoms with van der Waals surface area (Å²) in [6.07, 6.45) is 2.43. The summed E-state index contributed by atoms with van der Waals surface area (Å²) in [6, 6.07) is 11.8. The van der Waals surface area contributed by atoms with Gasteiger partial charge in [-0.3, -0.25) is 4.79 Å². The molecule has 0 radical (unpaired) electrons. The van der Waals surface area contributed by atoms with Crippen LogP contribution in [-0.2, 0) is 24.1 Å².